The maximum absolute atomic E-state index is 13.0. The van der Waals surface area contributed by atoms with Crippen molar-refractivity contribution in [3.63, 3.8) is 0 Å². The first-order valence-corrected chi connectivity index (χ1v) is 9.11. The van der Waals surface area contributed by atoms with Gasteiger partial charge in [-0.05, 0) is 30.9 Å². The van der Waals surface area contributed by atoms with E-state index in [1.54, 1.807) is 0 Å². The monoisotopic (exact) mass is 354 g/mol. The number of aliphatic hydroxyl groups is 1. The molecule has 2 N–H and O–H groups in total. The summed E-state index contributed by atoms with van der Waals surface area (Å²) in [5.41, 5.74) is 2.93. The molecule has 26 heavy (non-hydrogen) atoms. The smallest absolute Gasteiger partial charge is 0.310 e. The zero-order valence-corrected chi connectivity index (χ0v) is 14.8. The van der Waals surface area contributed by atoms with Crippen LogP contribution in [0.4, 0.5) is 5.69 Å². The quantitative estimate of drug-likeness (QED) is 0.625. The number of fused-ring (bicyclic) bond motifs is 1. The lowest BCUT2D eigenvalue weighted by Gasteiger charge is -2.66. The highest BCUT2D eigenvalue weighted by Gasteiger charge is 2.73. The summed E-state index contributed by atoms with van der Waals surface area (Å²) in [5, 5.41) is 22.7. The Morgan fingerprint density at radius 3 is 2.92 bits per heavy atom. The van der Waals surface area contributed by atoms with Crippen LogP contribution in [0.1, 0.15) is 18.9 Å². The number of carbonyl (C=O) groups is 1. The number of hydroxylamine groups is 2. The second kappa shape index (κ2) is 5.25. The molecule has 2 saturated heterocycles. The minimum Gasteiger partial charge on any atom is -0.469 e. The molecule has 1 aromatic rings. The molecule has 136 valence electrons. The standard InChI is InChI=1S/C20H22N2O4/c1-3-10-11-8-15-18-20(16(11)19(24)26-2,13(9-23)17(10)22(15)25)12-6-4-5-7-14(12)21-18/h3-7,11,13,15-17,23,25H,8-9H2,1-2H3/b10-3+/t11-,13+,15-,16?,17?,20+/m0/s1. The van der Waals surface area contributed by atoms with Gasteiger partial charge in [-0.2, -0.15) is 5.06 Å². The van der Waals surface area contributed by atoms with Gasteiger partial charge in [0.2, 0.25) is 0 Å². The van der Waals surface area contributed by atoms with Gasteiger partial charge in [0.25, 0.3) is 0 Å². The largest absolute Gasteiger partial charge is 0.469 e. The highest BCUT2D eigenvalue weighted by atomic mass is 16.5. The topological polar surface area (TPSA) is 82.4 Å². The highest BCUT2D eigenvalue weighted by molar-refractivity contribution is 6.10. The van der Waals surface area contributed by atoms with Crippen molar-refractivity contribution in [3.8, 4) is 0 Å². The molecule has 2 saturated carbocycles. The summed E-state index contributed by atoms with van der Waals surface area (Å²) in [5.74, 6) is -1.06. The normalized spacial score (nSPS) is 41.2. The van der Waals surface area contributed by atoms with Gasteiger partial charge in [-0.1, -0.05) is 29.8 Å². The van der Waals surface area contributed by atoms with E-state index in [4.69, 9.17) is 9.73 Å². The van der Waals surface area contributed by atoms with Crippen LogP contribution in [-0.4, -0.2) is 52.9 Å². The van der Waals surface area contributed by atoms with E-state index in [1.807, 2.05) is 37.3 Å². The molecule has 2 unspecified atom stereocenters. The van der Waals surface area contributed by atoms with E-state index in [1.165, 1.54) is 12.2 Å². The van der Waals surface area contributed by atoms with Crippen LogP contribution in [0, 0.1) is 17.8 Å². The number of methoxy groups -OCH3 is 1. The Morgan fingerprint density at radius 1 is 1.46 bits per heavy atom. The zero-order valence-electron chi connectivity index (χ0n) is 14.8. The lowest BCUT2D eigenvalue weighted by atomic mass is 9.42. The summed E-state index contributed by atoms with van der Waals surface area (Å²) in [6.07, 6.45) is 2.63. The summed E-state index contributed by atoms with van der Waals surface area (Å²) in [6, 6.07) is 7.29. The van der Waals surface area contributed by atoms with Crippen LogP contribution < -0.4 is 0 Å². The molecule has 6 rings (SSSR count). The van der Waals surface area contributed by atoms with Gasteiger partial charge in [-0.3, -0.25) is 9.79 Å². The molecular weight excluding hydrogens is 332 g/mol. The fraction of sp³-hybridized carbons (Fsp3) is 0.500. The molecule has 6 nitrogen and oxygen atoms in total. The summed E-state index contributed by atoms with van der Waals surface area (Å²) < 4.78 is 5.23. The maximum Gasteiger partial charge on any atom is 0.310 e. The van der Waals surface area contributed by atoms with Crippen LogP contribution in [0.3, 0.4) is 0 Å². The number of esters is 1. The number of allylic oxidation sites excluding steroid dienone is 1. The van der Waals surface area contributed by atoms with Gasteiger partial charge < -0.3 is 15.1 Å². The Balaban J connectivity index is 1.85. The van der Waals surface area contributed by atoms with E-state index >= 15 is 0 Å². The molecule has 0 amide bonds. The van der Waals surface area contributed by atoms with Gasteiger partial charge in [-0.15, -0.1) is 0 Å². The number of aliphatic hydroxyl groups excluding tert-OH is 1. The minimum atomic E-state index is -0.706. The Kier molecular flexibility index (Phi) is 3.27. The van der Waals surface area contributed by atoms with Crippen LogP contribution in [0.5, 0.6) is 0 Å². The van der Waals surface area contributed by atoms with Gasteiger partial charge in [0.05, 0.1) is 41.9 Å². The molecule has 5 aliphatic rings. The Labute approximate surface area is 151 Å². The summed E-state index contributed by atoms with van der Waals surface area (Å²) in [6.45, 7) is 1.79. The van der Waals surface area contributed by atoms with Gasteiger partial charge in [0.1, 0.15) is 0 Å². The summed E-state index contributed by atoms with van der Waals surface area (Å²) in [7, 11) is 1.42. The number of piperidine rings is 2. The van der Waals surface area contributed by atoms with Crippen molar-refractivity contribution in [1.29, 1.82) is 0 Å². The molecule has 2 aliphatic carbocycles. The molecule has 1 aromatic carbocycles. The average molecular weight is 354 g/mol. The van der Waals surface area contributed by atoms with Crippen molar-refractivity contribution in [1.82, 2.24) is 5.06 Å². The number of carbonyl (C=O) groups excluding carboxylic acids is 1. The number of rotatable bonds is 2. The Hall–Kier alpha value is -2.02. The van der Waals surface area contributed by atoms with Gasteiger partial charge in [0, 0.05) is 12.5 Å². The molecular formula is C20H22N2O4. The molecule has 3 heterocycles. The summed E-state index contributed by atoms with van der Waals surface area (Å²) in [4.78, 5) is 17.8. The fourth-order valence-electron chi connectivity index (χ4n) is 6.28. The van der Waals surface area contributed by atoms with Crippen molar-refractivity contribution >= 4 is 17.4 Å². The number of ether oxygens (including phenoxy) is 1. The fourth-order valence-corrected chi connectivity index (χ4v) is 6.28. The SMILES string of the molecule is C/C=C1/C2[C@@H](CO)[C@]34C(=Nc5ccccc53)[C@H](C[C@@H]1C4C(=O)OC)N2O. The molecule has 6 atom stereocenters. The van der Waals surface area contributed by atoms with E-state index < -0.39 is 11.3 Å². The molecule has 6 heteroatoms. The van der Waals surface area contributed by atoms with Crippen LogP contribution in [0.25, 0.3) is 0 Å². The van der Waals surface area contributed by atoms with Gasteiger partial charge in [0.15, 0.2) is 0 Å². The molecule has 4 fully saturated rings. The minimum absolute atomic E-state index is 0.0150. The van der Waals surface area contributed by atoms with Crippen molar-refractivity contribution in [2.75, 3.05) is 13.7 Å². The van der Waals surface area contributed by atoms with Crippen molar-refractivity contribution in [2.24, 2.45) is 22.7 Å². The number of hydrogen-bond donors (Lipinski definition) is 2. The first kappa shape index (κ1) is 16.2. The number of benzene rings is 1. The van der Waals surface area contributed by atoms with E-state index in [0.29, 0.717) is 6.42 Å². The summed E-state index contributed by atoms with van der Waals surface area (Å²) >= 11 is 0. The lowest BCUT2D eigenvalue weighted by molar-refractivity contribution is -0.214. The lowest BCUT2D eigenvalue weighted by Crippen LogP contribution is -2.77. The number of para-hydroxylation sites is 1. The van der Waals surface area contributed by atoms with Crippen LogP contribution in [0.2, 0.25) is 0 Å². The van der Waals surface area contributed by atoms with E-state index in [2.05, 4.69) is 0 Å². The highest BCUT2D eigenvalue weighted by Crippen LogP contribution is 2.66. The maximum atomic E-state index is 13.0. The average Bonchev–Trinajstić information content (AvgIpc) is 3.00. The van der Waals surface area contributed by atoms with E-state index in [9.17, 15) is 15.1 Å². The molecule has 0 radical (unpaired) electrons. The molecule has 1 spiro atoms. The van der Waals surface area contributed by atoms with Crippen LogP contribution in [-0.2, 0) is 14.9 Å². The predicted octanol–water partition coefficient (Wildman–Crippen LogP) is 1.83. The van der Waals surface area contributed by atoms with Crippen LogP contribution in [0.15, 0.2) is 40.9 Å². The molecule has 4 bridgehead atoms. The Morgan fingerprint density at radius 2 is 2.23 bits per heavy atom. The number of hydrogen-bond acceptors (Lipinski definition) is 6. The van der Waals surface area contributed by atoms with E-state index in [0.717, 1.165) is 22.5 Å². The van der Waals surface area contributed by atoms with Crippen molar-refractivity contribution < 1.29 is 19.8 Å². The van der Waals surface area contributed by atoms with Crippen LogP contribution >= 0.6 is 0 Å². The predicted molar refractivity (Wildman–Crippen MR) is 94.4 cm³/mol. The van der Waals surface area contributed by atoms with E-state index in [-0.39, 0.29) is 36.5 Å². The number of nitrogens with zero attached hydrogens (tertiary/aromatic N) is 2. The Bertz CT molecular complexity index is 863. The van der Waals surface area contributed by atoms with Gasteiger partial charge in [-0.25, -0.2) is 0 Å². The third kappa shape index (κ3) is 1.55. The molecule has 3 aliphatic heterocycles. The van der Waals surface area contributed by atoms with Crippen molar-refractivity contribution in [2.45, 2.75) is 30.8 Å². The first-order valence-electron chi connectivity index (χ1n) is 9.11. The van der Waals surface area contributed by atoms with Crippen molar-refractivity contribution in [3.05, 3.63) is 41.5 Å². The molecule has 0 aromatic heterocycles. The third-order valence-corrected chi connectivity index (χ3v) is 7.03. The van der Waals surface area contributed by atoms with Gasteiger partial charge >= 0.3 is 5.97 Å². The third-order valence-electron chi connectivity index (χ3n) is 7.03. The second-order valence-corrected chi connectivity index (χ2v) is 7.64. The number of aliphatic imine (C=N–C) groups is 1. The zero-order chi connectivity index (χ0) is 18.2. The second-order valence-electron chi connectivity index (χ2n) is 7.64. The first-order chi connectivity index (χ1) is 12.6.